The third kappa shape index (κ3) is 3.12. The lowest BCUT2D eigenvalue weighted by Gasteiger charge is -2.15. The predicted molar refractivity (Wildman–Crippen MR) is 71.1 cm³/mol. The molecule has 2 atom stereocenters. The van der Waals surface area contributed by atoms with Crippen LogP contribution >= 0.6 is 0 Å². The maximum absolute atomic E-state index is 11.6. The van der Waals surface area contributed by atoms with E-state index in [4.69, 9.17) is 9.94 Å². The summed E-state index contributed by atoms with van der Waals surface area (Å²) in [6.07, 6.45) is 2.42. The van der Waals surface area contributed by atoms with E-state index in [1.54, 1.807) is 5.48 Å². The second-order valence-corrected chi connectivity index (χ2v) is 4.52. The summed E-state index contributed by atoms with van der Waals surface area (Å²) in [7, 11) is 0. The molecule has 0 saturated carbocycles. The molecule has 1 aliphatic heterocycles. The monoisotopic (exact) mass is 262 g/mol. The Morgan fingerprint density at radius 2 is 2.16 bits per heavy atom. The lowest BCUT2D eigenvalue weighted by Crippen LogP contribution is -2.37. The number of hydroxylamine groups is 1. The average molecular weight is 262 g/mol. The molecule has 1 aromatic carbocycles. The Morgan fingerprint density at radius 1 is 1.42 bits per heavy atom. The summed E-state index contributed by atoms with van der Waals surface area (Å²) >= 11 is 0. The molecule has 0 saturated heterocycles. The molecule has 19 heavy (non-hydrogen) atoms. The minimum Gasteiger partial charge on any atom is -0.471 e. The van der Waals surface area contributed by atoms with Crippen molar-refractivity contribution in [3.63, 3.8) is 0 Å². The predicted octanol–water partition coefficient (Wildman–Crippen LogP) is 1.90. The summed E-state index contributed by atoms with van der Waals surface area (Å²) in [4.78, 5) is 15.9. The van der Waals surface area contributed by atoms with E-state index in [9.17, 15) is 4.79 Å². The molecule has 1 amide bonds. The fourth-order valence-corrected chi connectivity index (χ4v) is 2.09. The maximum Gasteiger partial charge on any atom is 0.272 e. The van der Waals surface area contributed by atoms with Crippen LogP contribution in [0.5, 0.6) is 0 Å². The van der Waals surface area contributed by atoms with Gasteiger partial charge in [-0.3, -0.25) is 10.0 Å². The van der Waals surface area contributed by atoms with E-state index in [1.165, 1.54) is 0 Å². The molecule has 0 aliphatic carbocycles. The Hall–Kier alpha value is -1.88. The first-order valence-electron chi connectivity index (χ1n) is 6.50. The van der Waals surface area contributed by atoms with E-state index in [0.717, 1.165) is 24.8 Å². The molecule has 2 rings (SSSR count). The summed E-state index contributed by atoms with van der Waals surface area (Å²) < 4.78 is 5.76. The Bertz CT molecular complexity index is 459. The van der Waals surface area contributed by atoms with E-state index in [2.05, 4.69) is 11.9 Å². The summed E-state index contributed by atoms with van der Waals surface area (Å²) in [5.74, 6) is -0.0534. The van der Waals surface area contributed by atoms with Gasteiger partial charge in [-0.05, 0) is 25.0 Å². The molecule has 102 valence electrons. The molecular formula is C14H18N2O3. The van der Waals surface area contributed by atoms with Crippen molar-refractivity contribution in [3.8, 4) is 0 Å². The van der Waals surface area contributed by atoms with Gasteiger partial charge >= 0.3 is 0 Å². The highest BCUT2D eigenvalue weighted by Gasteiger charge is 2.36. The van der Waals surface area contributed by atoms with Crippen LogP contribution in [0.2, 0.25) is 0 Å². The zero-order valence-corrected chi connectivity index (χ0v) is 10.9. The van der Waals surface area contributed by atoms with Crippen LogP contribution in [0.3, 0.4) is 0 Å². The SMILES string of the molecule is CCCC[C@H]1OC(c2ccccc2)=N[C@H]1C(=O)NO. The molecule has 2 N–H and O–H groups in total. The number of benzene rings is 1. The topological polar surface area (TPSA) is 70.9 Å². The van der Waals surface area contributed by atoms with Crippen molar-refractivity contribution in [2.75, 3.05) is 0 Å². The fourth-order valence-electron chi connectivity index (χ4n) is 2.09. The van der Waals surface area contributed by atoms with E-state index < -0.39 is 11.9 Å². The van der Waals surface area contributed by atoms with E-state index in [0.29, 0.717) is 5.90 Å². The first-order chi connectivity index (χ1) is 9.26. The molecule has 1 aliphatic rings. The molecular weight excluding hydrogens is 244 g/mol. The summed E-state index contributed by atoms with van der Waals surface area (Å²) in [5.41, 5.74) is 2.50. The zero-order valence-electron chi connectivity index (χ0n) is 10.9. The van der Waals surface area contributed by atoms with Gasteiger partial charge < -0.3 is 4.74 Å². The van der Waals surface area contributed by atoms with Gasteiger partial charge in [-0.25, -0.2) is 10.5 Å². The third-order valence-electron chi connectivity index (χ3n) is 3.11. The molecule has 0 bridgehead atoms. The number of amides is 1. The van der Waals surface area contributed by atoms with Crippen LogP contribution in [0.25, 0.3) is 0 Å². The van der Waals surface area contributed by atoms with Crippen molar-refractivity contribution in [2.45, 2.75) is 38.3 Å². The van der Waals surface area contributed by atoms with Gasteiger partial charge in [-0.1, -0.05) is 31.5 Å². The van der Waals surface area contributed by atoms with Gasteiger partial charge in [0.2, 0.25) is 5.90 Å². The van der Waals surface area contributed by atoms with Gasteiger partial charge in [0, 0.05) is 5.56 Å². The van der Waals surface area contributed by atoms with Crippen LogP contribution in [0.4, 0.5) is 0 Å². The summed E-state index contributed by atoms with van der Waals surface area (Å²) in [5, 5.41) is 8.77. The van der Waals surface area contributed by atoms with Crippen molar-refractivity contribution in [2.24, 2.45) is 4.99 Å². The minimum absolute atomic E-state index is 0.303. The number of nitrogens with one attached hydrogen (secondary N) is 1. The Kier molecular flexibility index (Phi) is 4.52. The van der Waals surface area contributed by atoms with Crippen molar-refractivity contribution < 1.29 is 14.7 Å². The molecule has 5 nitrogen and oxygen atoms in total. The number of ether oxygens (including phenoxy) is 1. The number of hydrogen-bond acceptors (Lipinski definition) is 4. The van der Waals surface area contributed by atoms with Gasteiger partial charge in [0.1, 0.15) is 6.10 Å². The summed E-state index contributed by atoms with van der Waals surface area (Å²) in [6, 6.07) is 8.78. The number of carbonyl (C=O) groups excluding carboxylic acids is 1. The van der Waals surface area contributed by atoms with Crippen LogP contribution in [-0.2, 0) is 9.53 Å². The van der Waals surface area contributed by atoms with Crippen LogP contribution < -0.4 is 5.48 Å². The lowest BCUT2D eigenvalue weighted by molar-refractivity contribution is -0.132. The second kappa shape index (κ2) is 6.33. The largest absolute Gasteiger partial charge is 0.471 e. The second-order valence-electron chi connectivity index (χ2n) is 4.52. The normalized spacial score (nSPS) is 21.7. The van der Waals surface area contributed by atoms with Crippen LogP contribution in [0.1, 0.15) is 31.7 Å². The van der Waals surface area contributed by atoms with Crippen molar-refractivity contribution in [1.29, 1.82) is 0 Å². The Morgan fingerprint density at radius 3 is 2.79 bits per heavy atom. The van der Waals surface area contributed by atoms with Crippen molar-refractivity contribution >= 4 is 11.8 Å². The van der Waals surface area contributed by atoms with Crippen LogP contribution in [0.15, 0.2) is 35.3 Å². The summed E-state index contributed by atoms with van der Waals surface area (Å²) in [6.45, 7) is 2.08. The van der Waals surface area contributed by atoms with Crippen LogP contribution in [0, 0.1) is 0 Å². The third-order valence-corrected chi connectivity index (χ3v) is 3.11. The Balaban J connectivity index is 2.16. The number of unbranched alkanes of at least 4 members (excludes halogenated alkanes) is 1. The fraction of sp³-hybridized carbons (Fsp3) is 0.429. The standard InChI is InChI=1S/C14H18N2O3/c1-2-3-9-11-12(13(17)16-18)15-14(19-11)10-7-5-4-6-8-10/h4-8,11-12,18H,2-3,9H2,1H3,(H,16,17)/t11-,12-/m1/s1. The number of carbonyl (C=O) groups is 1. The highest BCUT2D eigenvalue weighted by atomic mass is 16.5. The number of nitrogens with zero attached hydrogens (tertiary/aromatic N) is 1. The molecule has 0 aromatic heterocycles. The molecule has 1 heterocycles. The molecule has 0 spiro atoms. The number of hydrogen-bond donors (Lipinski definition) is 2. The van der Waals surface area contributed by atoms with Gasteiger partial charge in [-0.2, -0.15) is 0 Å². The first-order valence-corrected chi connectivity index (χ1v) is 6.50. The zero-order chi connectivity index (χ0) is 13.7. The van der Waals surface area contributed by atoms with E-state index in [1.807, 2.05) is 30.3 Å². The van der Waals surface area contributed by atoms with Gasteiger partial charge in [0.15, 0.2) is 6.04 Å². The lowest BCUT2D eigenvalue weighted by atomic mass is 10.1. The van der Waals surface area contributed by atoms with Gasteiger partial charge in [-0.15, -0.1) is 0 Å². The highest BCUT2D eigenvalue weighted by molar-refractivity contribution is 5.98. The first kappa shape index (κ1) is 13.5. The highest BCUT2D eigenvalue weighted by Crippen LogP contribution is 2.22. The van der Waals surface area contributed by atoms with Gasteiger partial charge in [0.25, 0.3) is 5.91 Å². The average Bonchev–Trinajstić information content (AvgIpc) is 2.89. The molecule has 0 unspecified atom stereocenters. The van der Waals surface area contributed by atoms with Crippen LogP contribution in [-0.4, -0.2) is 29.2 Å². The molecule has 5 heteroatoms. The quantitative estimate of drug-likeness (QED) is 0.629. The maximum atomic E-state index is 11.6. The van der Waals surface area contributed by atoms with E-state index in [-0.39, 0.29) is 6.10 Å². The van der Waals surface area contributed by atoms with E-state index >= 15 is 0 Å². The molecule has 1 aromatic rings. The molecule has 0 fully saturated rings. The smallest absolute Gasteiger partial charge is 0.272 e. The minimum atomic E-state index is -0.674. The number of rotatable bonds is 5. The van der Waals surface area contributed by atoms with Crippen molar-refractivity contribution in [1.82, 2.24) is 5.48 Å². The number of aliphatic imine (C=N–C) groups is 1. The molecule has 0 radical (unpaired) electrons. The Labute approximate surface area is 112 Å². The van der Waals surface area contributed by atoms with Gasteiger partial charge in [0.05, 0.1) is 0 Å². The van der Waals surface area contributed by atoms with Crippen molar-refractivity contribution in [3.05, 3.63) is 35.9 Å².